The van der Waals surface area contributed by atoms with Crippen molar-refractivity contribution < 1.29 is 5.11 Å². The molecule has 0 radical (unpaired) electrons. The average Bonchev–Trinajstić information content (AvgIpc) is 3.27. The van der Waals surface area contributed by atoms with Gasteiger partial charge in [0.15, 0.2) is 0 Å². The zero-order chi connectivity index (χ0) is 21.2. The van der Waals surface area contributed by atoms with Crippen LogP contribution in [0.1, 0.15) is 28.6 Å². The van der Waals surface area contributed by atoms with Gasteiger partial charge in [0.1, 0.15) is 6.10 Å². The molecule has 0 aliphatic rings. The van der Waals surface area contributed by atoms with Gasteiger partial charge in [-0.25, -0.2) is 4.98 Å². The minimum atomic E-state index is -0.777. The monoisotopic (exact) mass is 405 g/mol. The second-order valence-corrected chi connectivity index (χ2v) is 7.79. The Bertz CT molecular complexity index is 1330. The van der Waals surface area contributed by atoms with Gasteiger partial charge in [-0.3, -0.25) is 4.98 Å². The maximum atomic E-state index is 11.2. The van der Waals surface area contributed by atoms with Gasteiger partial charge in [-0.2, -0.15) is 0 Å². The summed E-state index contributed by atoms with van der Waals surface area (Å²) < 4.78 is 2.00. The average molecular weight is 406 g/mol. The molecule has 4 heteroatoms. The van der Waals surface area contributed by atoms with Crippen LogP contribution in [0.4, 0.5) is 0 Å². The summed E-state index contributed by atoms with van der Waals surface area (Å²) >= 11 is 0. The molecular weight excluding hydrogens is 382 g/mol. The number of hydrogen-bond acceptors (Lipinski definition) is 3. The zero-order valence-corrected chi connectivity index (χ0v) is 17.3. The zero-order valence-electron chi connectivity index (χ0n) is 17.3. The summed E-state index contributed by atoms with van der Waals surface area (Å²) in [6.45, 7) is 2.67. The summed E-state index contributed by atoms with van der Waals surface area (Å²) in [6.07, 6.45) is 2.73. The van der Waals surface area contributed by atoms with E-state index in [9.17, 15) is 5.11 Å². The molecule has 31 heavy (non-hydrogen) atoms. The van der Waals surface area contributed by atoms with E-state index in [0.717, 1.165) is 39.0 Å². The summed E-state index contributed by atoms with van der Waals surface area (Å²) in [4.78, 5) is 8.99. The first-order valence-electron chi connectivity index (χ1n) is 10.4. The number of benzene rings is 3. The van der Waals surface area contributed by atoms with Crippen molar-refractivity contribution in [1.29, 1.82) is 0 Å². The van der Waals surface area contributed by atoms with Gasteiger partial charge in [-0.05, 0) is 47.4 Å². The van der Waals surface area contributed by atoms with E-state index in [2.05, 4.69) is 41.4 Å². The smallest absolute Gasteiger partial charge is 0.121 e. The number of nitrogens with zero attached hydrogens (tertiary/aromatic N) is 3. The highest BCUT2D eigenvalue weighted by atomic mass is 16.3. The Morgan fingerprint density at radius 2 is 1.65 bits per heavy atom. The predicted molar refractivity (Wildman–Crippen MR) is 124 cm³/mol. The van der Waals surface area contributed by atoms with E-state index >= 15 is 0 Å². The lowest BCUT2D eigenvalue weighted by atomic mass is 9.97. The fourth-order valence-corrected chi connectivity index (χ4v) is 4.04. The third kappa shape index (κ3) is 3.86. The van der Waals surface area contributed by atoms with Crippen molar-refractivity contribution in [1.82, 2.24) is 14.5 Å². The van der Waals surface area contributed by atoms with E-state index in [-0.39, 0.29) is 0 Å². The fourth-order valence-electron chi connectivity index (χ4n) is 4.04. The molecule has 5 rings (SSSR count). The topological polar surface area (TPSA) is 50.9 Å². The van der Waals surface area contributed by atoms with Gasteiger partial charge in [-0.15, -0.1) is 0 Å². The highest BCUT2D eigenvalue weighted by Crippen LogP contribution is 2.32. The van der Waals surface area contributed by atoms with Crippen molar-refractivity contribution in [3.05, 3.63) is 120 Å². The molecular formula is C27H23N3O. The van der Waals surface area contributed by atoms with E-state index < -0.39 is 6.10 Å². The van der Waals surface area contributed by atoms with Crippen molar-refractivity contribution in [2.75, 3.05) is 0 Å². The molecule has 3 aromatic carbocycles. The predicted octanol–water partition coefficient (Wildman–Crippen LogP) is 5.54. The highest BCUT2D eigenvalue weighted by molar-refractivity contribution is 5.95. The van der Waals surface area contributed by atoms with Gasteiger partial charge in [0, 0.05) is 17.6 Å². The number of aliphatic hydroxyl groups excluding tert-OH is 1. The maximum Gasteiger partial charge on any atom is 0.121 e. The Kier molecular flexibility index (Phi) is 5.06. The number of aliphatic hydroxyl groups is 1. The van der Waals surface area contributed by atoms with E-state index in [1.165, 1.54) is 5.56 Å². The molecule has 0 amide bonds. The molecule has 0 spiro atoms. The van der Waals surface area contributed by atoms with Crippen LogP contribution >= 0.6 is 0 Å². The van der Waals surface area contributed by atoms with Crippen LogP contribution in [0.2, 0.25) is 0 Å². The van der Waals surface area contributed by atoms with Crippen LogP contribution in [0.25, 0.3) is 22.0 Å². The summed E-state index contributed by atoms with van der Waals surface area (Å²) in [7, 11) is 0. The molecule has 1 atom stereocenters. The van der Waals surface area contributed by atoms with E-state index in [1.54, 1.807) is 12.5 Å². The van der Waals surface area contributed by atoms with Gasteiger partial charge in [-0.1, -0.05) is 66.7 Å². The largest absolute Gasteiger partial charge is 0.382 e. The molecule has 1 unspecified atom stereocenters. The molecule has 0 aliphatic carbocycles. The Labute approximate surface area is 181 Å². The first-order valence-corrected chi connectivity index (χ1v) is 10.4. The van der Waals surface area contributed by atoms with E-state index in [4.69, 9.17) is 4.98 Å². The highest BCUT2D eigenvalue weighted by Gasteiger charge is 2.17. The van der Waals surface area contributed by atoms with Crippen LogP contribution in [0, 0.1) is 6.92 Å². The SMILES string of the molecule is Cc1cc(-c2ccccc2)c2cc(C(O)c3cncn3Cc3ccccc3)ccc2n1. The summed E-state index contributed by atoms with van der Waals surface area (Å²) in [5.41, 5.74) is 6.91. The lowest BCUT2D eigenvalue weighted by Crippen LogP contribution is -2.09. The minimum Gasteiger partial charge on any atom is -0.382 e. The molecule has 0 fully saturated rings. The van der Waals surface area contributed by atoms with Crippen molar-refractivity contribution >= 4 is 10.9 Å². The van der Waals surface area contributed by atoms with Gasteiger partial charge in [0.05, 0.1) is 23.7 Å². The molecule has 0 aliphatic heterocycles. The van der Waals surface area contributed by atoms with Crippen molar-refractivity contribution in [3.8, 4) is 11.1 Å². The maximum absolute atomic E-state index is 11.2. The van der Waals surface area contributed by atoms with Gasteiger partial charge in [0.2, 0.25) is 0 Å². The van der Waals surface area contributed by atoms with Gasteiger partial charge in [0.25, 0.3) is 0 Å². The lowest BCUT2D eigenvalue weighted by Gasteiger charge is -2.16. The van der Waals surface area contributed by atoms with E-state index in [0.29, 0.717) is 6.54 Å². The summed E-state index contributed by atoms with van der Waals surface area (Å²) in [5, 5.41) is 12.3. The third-order valence-corrected chi connectivity index (χ3v) is 5.58. The normalized spacial score (nSPS) is 12.2. The van der Waals surface area contributed by atoms with E-state index in [1.807, 2.05) is 60.0 Å². The molecule has 0 bridgehead atoms. The van der Waals surface area contributed by atoms with Crippen LogP contribution in [0.3, 0.4) is 0 Å². The first kappa shape index (κ1) is 19.2. The van der Waals surface area contributed by atoms with Crippen molar-refractivity contribution in [3.63, 3.8) is 0 Å². The van der Waals surface area contributed by atoms with Gasteiger partial charge >= 0.3 is 0 Å². The minimum absolute atomic E-state index is 0.664. The second kappa shape index (κ2) is 8.17. The molecule has 2 heterocycles. The second-order valence-electron chi connectivity index (χ2n) is 7.79. The van der Waals surface area contributed by atoms with Crippen LogP contribution in [-0.4, -0.2) is 19.6 Å². The Hall–Kier alpha value is -3.76. The van der Waals surface area contributed by atoms with Crippen LogP contribution in [0.5, 0.6) is 0 Å². The number of pyridine rings is 1. The third-order valence-electron chi connectivity index (χ3n) is 5.58. The molecule has 2 aromatic heterocycles. The quantitative estimate of drug-likeness (QED) is 0.418. The lowest BCUT2D eigenvalue weighted by molar-refractivity contribution is 0.210. The van der Waals surface area contributed by atoms with Crippen LogP contribution in [-0.2, 0) is 6.54 Å². The number of fused-ring (bicyclic) bond motifs is 1. The first-order chi connectivity index (χ1) is 15.2. The summed E-state index contributed by atoms with van der Waals surface area (Å²) in [5.74, 6) is 0. The Morgan fingerprint density at radius 1 is 0.903 bits per heavy atom. The van der Waals surface area contributed by atoms with Crippen molar-refractivity contribution in [2.24, 2.45) is 0 Å². The van der Waals surface area contributed by atoms with Gasteiger partial charge < -0.3 is 9.67 Å². The number of aromatic nitrogens is 3. The molecule has 0 saturated heterocycles. The molecule has 4 nitrogen and oxygen atoms in total. The Morgan fingerprint density at radius 3 is 2.42 bits per heavy atom. The van der Waals surface area contributed by atoms with Crippen LogP contribution in [0.15, 0.2) is 97.5 Å². The van der Waals surface area contributed by atoms with Crippen molar-refractivity contribution in [2.45, 2.75) is 19.6 Å². The standard InChI is InChI=1S/C27H23N3O/c1-19-14-23(21-10-6-3-7-11-21)24-15-22(12-13-25(24)29-19)27(31)26-16-28-18-30(26)17-20-8-4-2-5-9-20/h2-16,18,27,31H,17H2,1H3. The summed E-state index contributed by atoms with van der Waals surface area (Å²) in [6, 6.07) is 28.6. The van der Waals surface area contributed by atoms with Crippen LogP contribution < -0.4 is 0 Å². The Balaban J connectivity index is 1.56. The number of aryl methyl sites for hydroxylation is 1. The molecule has 5 aromatic rings. The number of imidazole rings is 1. The molecule has 152 valence electrons. The molecule has 0 saturated carbocycles. The number of hydrogen-bond donors (Lipinski definition) is 1. The molecule has 1 N–H and O–H groups in total. The number of rotatable bonds is 5. The fraction of sp³-hybridized carbons (Fsp3) is 0.111.